The molecule has 1 rings (SSSR count). The SMILES string of the molecule is CC(C)(C)CCOCc1ccc(CC(=O)NN)cc1. The molecule has 0 aromatic heterocycles. The molecular formula is C15H24N2O2. The Hall–Kier alpha value is -1.39. The highest BCUT2D eigenvalue weighted by Crippen LogP contribution is 2.18. The molecule has 4 heteroatoms. The molecule has 0 aliphatic heterocycles. The van der Waals surface area contributed by atoms with E-state index in [-0.39, 0.29) is 5.91 Å². The quantitative estimate of drug-likeness (QED) is 0.358. The number of carbonyl (C=O) groups is 1. The standard InChI is InChI=1S/C15H24N2O2/c1-15(2,3)8-9-19-11-13-6-4-12(5-7-13)10-14(18)17-16/h4-7H,8-11,16H2,1-3H3,(H,17,18). The molecule has 0 aliphatic rings. The number of amides is 1. The van der Waals surface area contributed by atoms with Crippen molar-refractivity contribution in [1.82, 2.24) is 5.43 Å². The van der Waals surface area contributed by atoms with Crippen LogP contribution in [0.4, 0.5) is 0 Å². The Balaban J connectivity index is 2.34. The highest BCUT2D eigenvalue weighted by atomic mass is 16.5. The van der Waals surface area contributed by atoms with Crippen LogP contribution in [0, 0.1) is 5.41 Å². The minimum atomic E-state index is -0.186. The lowest BCUT2D eigenvalue weighted by Gasteiger charge is -2.17. The van der Waals surface area contributed by atoms with Gasteiger partial charge >= 0.3 is 0 Å². The van der Waals surface area contributed by atoms with E-state index in [2.05, 4.69) is 26.2 Å². The van der Waals surface area contributed by atoms with Gasteiger partial charge in [0.05, 0.1) is 13.0 Å². The van der Waals surface area contributed by atoms with E-state index in [9.17, 15) is 4.79 Å². The van der Waals surface area contributed by atoms with Gasteiger partial charge in [-0.2, -0.15) is 0 Å². The number of carbonyl (C=O) groups excluding carboxylic acids is 1. The summed E-state index contributed by atoms with van der Waals surface area (Å²) in [5.74, 6) is 4.86. The normalized spacial score (nSPS) is 11.4. The van der Waals surface area contributed by atoms with Gasteiger partial charge in [-0.1, -0.05) is 45.0 Å². The molecule has 1 amide bonds. The topological polar surface area (TPSA) is 64.3 Å². The number of nitrogens with two attached hydrogens (primary N) is 1. The first kappa shape index (κ1) is 15.7. The second kappa shape index (κ2) is 7.26. The van der Waals surface area contributed by atoms with Gasteiger partial charge in [0.1, 0.15) is 0 Å². The Labute approximate surface area is 115 Å². The highest BCUT2D eigenvalue weighted by molar-refractivity contribution is 5.77. The van der Waals surface area contributed by atoms with Crippen molar-refractivity contribution >= 4 is 5.91 Å². The molecule has 0 radical (unpaired) electrons. The molecule has 0 spiro atoms. The molecule has 0 aliphatic carbocycles. The van der Waals surface area contributed by atoms with Crippen molar-refractivity contribution in [2.75, 3.05) is 6.61 Å². The van der Waals surface area contributed by atoms with Gasteiger partial charge in [-0.15, -0.1) is 0 Å². The van der Waals surface area contributed by atoms with Crippen molar-refractivity contribution < 1.29 is 9.53 Å². The van der Waals surface area contributed by atoms with Crippen molar-refractivity contribution in [3.63, 3.8) is 0 Å². The lowest BCUT2D eigenvalue weighted by Crippen LogP contribution is -2.31. The highest BCUT2D eigenvalue weighted by Gasteiger charge is 2.09. The third-order valence-electron chi connectivity index (χ3n) is 2.81. The Kier molecular flexibility index (Phi) is 5.99. The zero-order valence-corrected chi connectivity index (χ0v) is 12.0. The molecule has 0 unspecified atom stereocenters. The van der Waals surface area contributed by atoms with E-state index >= 15 is 0 Å². The number of rotatable bonds is 6. The van der Waals surface area contributed by atoms with Crippen LogP contribution in [-0.4, -0.2) is 12.5 Å². The van der Waals surface area contributed by atoms with Crippen molar-refractivity contribution in [3.05, 3.63) is 35.4 Å². The Bertz CT molecular complexity index is 394. The number of benzene rings is 1. The summed E-state index contributed by atoms with van der Waals surface area (Å²) in [6.07, 6.45) is 1.35. The van der Waals surface area contributed by atoms with Crippen LogP contribution >= 0.6 is 0 Å². The Morgan fingerprint density at radius 1 is 1.21 bits per heavy atom. The van der Waals surface area contributed by atoms with E-state index in [1.807, 2.05) is 24.3 Å². The fraction of sp³-hybridized carbons (Fsp3) is 0.533. The molecule has 1 aromatic carbocycles. The van der Waals surface area contributed by atoms with Gasteiger partial charge in [-0.3, -0.25) is 10.2 Å². The monoisotopic (exact) mass is 264 g/mol. The van der Waals surface area contributed by atoms with Crippen LogP contribution in [0.25, 0.3) is 0 Å². The van der Waals surface area contributed by atoms with Crippen LogP contribution in [0.3, 0.4) is 0 Å². The number of hydrazine groups is 1. The molecule has 1 aromatic rings. The minimum Gasteiger partial charge on any atom is -0.377 e. The van der Waals surface area contributed by atoms with Gasteiger partial charge in [0.15, 0.2) is 0 Å². The molecule has 0 heterocycles. The van der Waals surface area contributed by atoms with Crippen molar-refractivity contribution in [2.45, 2.75) is 40.2 Å². The summed E-state index contributed by atoms with van der Waals surface area (Å²) in [6, 6.07) is 7.82. The smallest absolute Gasteiger partial charge is 0.238 e. The summed E-state index contributed by atoms with van der Waals surface area (Å²) in [6.45, 7) is 7.98. The van der Waals surface area contributed by atoms with E-state index in [1.165, 1.54) is 0 Å². The molecule has 4 nitrogen and oxygen atoms in total. The molecular weight excluding hydrogens is 240 g/mol. The van der Waals surface area contributed by atoms with Gasteiger partial charge < -0.3 is 4.74 Å². The van der Waals surface area contributed by atoms with E-state index in [0.29, 0.717) is 18.4 Å². The zero-order valence-electron chi connectivity index (χ0n) is 12.0. The van der Waals surface area contributed by atoms with Crippen LogP contribution in [0.5, 0.6) is 0 Å². The number of nitrogens with one attached hydrogen (secondary N) is 1. The number of hydrogen-bond donors (Lipinski definition) is 2. The lowest BCUT2D eigenvalue weighted by atomic mass is 9.93. The van der Waals surface area contributed by atoms with Crippen molar-refractivity contribution in [1.29, 1.82) is 0 Å². The average molecular weight is 264 g/mol. The van der Waals surface area contributed by atoms with Crippen LogP contribution in [0.15, 0.2) is 24.3 Å². The lowest BCUT2D eigenvalue weighted by molar-refractivity contribution is -0.120. The van der Waals surface area contributed by atoms with Crippen LogP contribution < -0.4 is 11.3 Å². The summed E-state index contributed by atoms with van der Waals surface area (Å²) in [4.78, 5) is 11.1. The molecule has 19 heavy (non-hydrogen) atoms. The molecule has 0 bridgehead atoms. The maximum atomic E-state index is 11.1. The maximum Gasteiger partial charge on any atom is 0.238 e. The van der Waals surface area contributed by atoms with Crippen LogP contribution in [0.2, 0.25) is 0 Å². The Morgan fingerprint density at radius 2 is 1.79 bits per heavy atom. The van der Waals surface area contributed by atoms with Crippen LogP contribution in [0.1, 0.15) is 38.3 Å². The van der Waals surface area contributed by atoms with Gasteiger partial charge in [-0.05, 0) is 23.0 Å². The van der Waals surface area contributed by atoms with Crippen LogP contribution in [-0.2, 0) is 22.6 Å². The second-order valence-corrected chi connectivity index (χ2v) is 5.92. The van der Waals surface area contributed by atoms with Gasteiger partial charge in [0, 0.05) is 6.61 Å². The van der Waals surface area contributed by atoms with Gasteiger partial charge in [-0.25, -0.2) is 5.84 Å². The van der Waals surface area contributed by atoms with E-state index < -0.39 is 0 Å². The predicted octanol–water partition coefficient (Wildman–Crippen LogP) is 2.17. The molecule has 3 N–H and O–H groups in total. The van der Waals surface area contributed by atoms with E-state index in [4.69, 9.17) is 10.6 Å². The van der Waals surface area contributed by atoms with Gasteiger partial charge in [0.2, 0.25) is 5.91 Å². The third-order valence-corrected chi connectivity index (χ3v) is 2.81. The molecule has 0 fully saturated rings. The second-order valence-electron chi connectivity index (χ2n) is 5.92. The molecule has 0 saturated carbocycles. The first-order valence-corrected chi connectivity index (χ1v) is 6.56. The molecule has 106 valence electrons. The number of hydrogen-bond acceptors (Lipinski definition) is 3. The maximum absolute atomic E-state index is 11.1. The summed E-state index contributed by atoms with van der Waals surface area (Å²) in [7, 11) is 0. The zero-order chi connectivity index (χ0) is 14.3. The minimum absolute atomic E-state index is 0.186. The van der Waals surface area contributed by atoms with Crippen molar-refractivity contribution in [3.8, 4) is 0 Å². The summed E-state index contributed by atoms with van der Waals surface area (Å²) in [5.41, 5.74) is 4.49. The Morgan fingerprint density at radius 3 is 2.32 bits per heavy atom. The number of ether oxygens (including phenoxy) is 1. The molecule has 0 atom stereocenters. The summed E-state index contributed by atoms with van der Waals surface area (Å²) >= 11 is 0. The average Bonchev–Trinajstić information content (AvgIpc) is 2.35. The third kappa shape index (κ3) is 6.94. The molecule has 0 saturated heterocycles. The van der Waals surface area contributed by atoms with Gasteiger partial charge in [0.25, 0.3) is 0 Å². The first-order chi connectivity index (χ1) is 8.90. The van der Waals surface area contributed by atoms with E-state index in [0.717, 1.165) is 24.2 Å². The fourth-order valence-corrected chi connectivity index (χ4v) is 1.56. The van der Waals surface area contributed by atoms with Crippen molar-refractivity contribution in [2.24, 2.45) is 11.3 Å². The summed E-state index contributed by atoms with van der Waals surface area (Å²) < 4.78 is 5.64. The largest absolute Gasteiger partial charge is 0.377 e. The predicted molar refractivity (Wildman–Crippen MR) is 76.2 cm³/mol. The first-order valence-electron chi connectivity index (χ1n) is 6.56. The fourth-order valence-electron chi connectivity index (χ4n) is 1.56. The summed E-state index contributed by atoms with van der Waals surface area (Å²) in [5, 5.41) is 0. The van der Waals surface area contributed by atoms with E-state index in [1.54, 1.807) is 0 Å².